The molecule has 0 aromatic carbocycles. The summed E-state index contributed by atoms with van der Waals surface area (Å²) in [5.74, 6) is 0.331. The van der Waals surface area contributed by atoms with E-state index in [0.717, 1.165) is 26.1 Å². The van der Waals surface area contributed by atoms with Crippen molar-refractivity contribution in [1.82, 2.24) is 15.1 Å². The third-order valence-electron chi connectivity index (χ3n) is 4.02. The number of nitrogens with two attached hydrogens (primary N) is 1. The second-order valence-electron chi connectivity index (χ2n) is 5.38. The number of nitrogens with one attached hydrogen (secondary N) is 1. The predicted molar refractivity (Wildman–Crippen MR) is 77.5 cm³/mol. The van der Waals surface area contributed by atoms with Gasteiger partial charge < -0.3 is 15.8 Å². The Morgan fingerprint density at radius 1 is 1.55 bits per heavy atom. The van der Waals surface area contributed by atoms with E-state index in [9.17, 15) is 4.79 Å². The van der Waals surface area contributed by atoms with Gasteiger partial charge in [-0.2, -0.15) is 5.10 Å². The smallest absolute Gasteiger partial charge is 0.271 e. The topological polar surface area (TPSA) is 82.2 Å². The van der Waals surface area contributed by atoms with Crippen molar-refractivity contribution >= 4 is 11.6 Å². The van der Waals surface area contributed by atoms with Crippen LogP contribution >= 0.6 is 0 Å². The lowest BCUT2D eigenvalue weighted by Crippen LogP contribution is -2.41. The van der Waals surface area contributed by atoms with Gasteiger partial charge in [-0.15, -0.1) is 0 Å². The molecule has 1 saturated heterocycles. The highest BCUT2D eigenvalue weighted by molar-refractivity contribution is 5.98. The molecule has 2 heterocycles. The lowest BCUT2D eigenvalue weighted by molar-refractivity contribution is 0.0537. The highest BCUT2D eigenvalue weighted by atomic mass is 16.5. The first-order chi connectivity index (χ1) is 9.54. The molecule has 0 spiro atoms. The normalized spacial score (nSPS) is 17.9. The lowest BCUT2D eigenvalue weighted by Gasteiger charge is -2.28. The van der Waals surface area contributed by atoms with E-state index in [1.807, 2.05) is 20.8 Å². The third kappa shape index (κ3) is 2.95. The van der Waals surface area contributed by atoms with Gasteiger partial charge in [0.15, 0.2) is 0 Å². The van der Waals surface area contributed by atoms with Gasteiger partial charge in [0.1, 0.15) is 5.69 Å². The molecule has 1 atom stereocenters. The second-order valence-corrected chi connectivity index (χ2v) is 5.38. The summed E-state index contributed by atoms with van der Waals surface area (Å²) in [6.45, 7) is 8.00. The number of carbonyl (C=O) groups excluding carboxylic acids is 1. The zero-order valence-electron chi connectivity index (χ0n) is 12.5. The molecule has 1 aliphatic heterocycles. The van der Waals surface area contributed by atoms with Crippen LogP contribution in [0.3, 0.4) is 0 Å². The highest BCUT2D eigenvalue weighted by Crippen LogP contribution is 2.20. The molecule has 3 N–H and O–H groups in total. The van der Waals surface area contributed by atoms with Crippen LogP contribution in [0.5, 0.6) is 0 Å². The third-order valence-corrected chi connectivity index (χ3v) is 4.02. The van der Waals surface area contributed by atoms with E-state index in [1.165, 1.54) is 0 Å². The number of nitrogen functional groups attached to an aromatic ring is 1. The van der Waals surface area contributed by atoms with Gasteiger partial charge in [0.2, 0.25) is 0 Å². The number of amides is 1. The number of ether oxygens (including phenoxy) is 1. The maximum Gasteiger partial charge on any atom is 0.271 e. The molecule has 1 unspecified atom stereocenters. The highest BCUT2D eigenvalue weighted by Gasteiger charge is 2.25. The zero-order chi connectivity index (χ0) is 14.7. The molecule has 6 nitrogen and oxygen atoms in total. The van der Waals surface area contributed by atoms with Gasteiger partial charge in [-0.1, -0.05) is 0 Å². The molecule has 1 aromatic rings. The van der Waals surface area contributed by atoms with E-state index in [0.29, 0.717) is 29.5 Å². The first-order valence-corrected chi connectivity index (χ1v) is 7.26. The maximum absolute atomic E-state index is 12.4. The Balaban J connectivity index is 2.07. The molecule has 1 aliphatic rings. The summed E-state index contributed by atoms with van der Waals surface area (Å²) < 4.78 is 7.02. The SMILES string of the molecule is CCn1nc(C)c(N)c1C(=O)NC(C)C1CCOCC1. The van der Waals surface area contributed by atoms with Gasteiger partial charge in [-0.3, -0.25) is 9.48 Å². The quantitative estimate of drug-likeness (QED) is 0.872. The molecule has 2 rings (SSSR count). The van der Waals surface area contributed by atoms with Gasteiger partial charge in [-0.05, 0) is 39.5 Å². The number of anilines is 1. The van der Waals surface area contributed by atoms with Crippen LogP contribution in [0.4, 0.5) is 5.69 Å². The van der Waals surface area contributed by atoms with Gasteiger partial charge in [0.05, 0.1) is 11.4 Å². The zero-order valence-corrected chi connectivity index (χ0v) is 12.5. The van der Waals surface area contributed by atoms with Crippen molar-refractivity contribution in [3.8, 4) is 0 Å². The fourth-order valence-electron chi connectivity index (χ4n) is 2.67. The number of rotatable bonds is 4. The summed E-state index contributed by atoms with van der Waals surface area (Å²) in [4.78, 5) is 12.4. The van der Waals surface area contributed by atoms with Crippen molar-refractivity contribution in [2.45, 2.75) is 46.2 Å². The van der Waals surface area contributed by atoms with Crippen LogP contribution < -0.4 is 11.1 Å². The fourth-order valence-corrected chi connectivity index (χ4v) is 2.67. The Bertz CT molecular complexity index is 478. The van der Waals surface area contributed by atoms with E-state index in [4.69, 9.17) is 10.5 Å². The van der Waals surface area contributed by atoms with E-state index >= 15 is 0 Å². The molecule has 1 amide bonds. The summed E-state index contributed by atoms with van der Waals surface area (Å²) in [5, 5.41) is 7.34. The molecule has 1 fully saturated rings. The number of hydrogen-bond acceptors (Lipinski definition) is 4. The van der Waals surface area contributed by atoms with Gasteiger partial charge in [0, 0.05) is 25.8 Å². The number of nitrogens with zero attached hydrogens (tertiary/aromatic N) is 2. The van der Waals surface area contributed by atoms with E-state index in [2.05, 4.69) is 10.4 Å². The minimum Gasteiger partial charge on any atom is -0.395 e. The first kappa shape index (κ1) is 14.8. The molecule has 0 saturated carbocycles. The van der Waals surface area contributed by atoms with Crippen molar-refractivity contribution in [2.75, 3.05) is 18.9 Å². The molecule has 112 valence electrons. The summed E-state index contributed by atoms with van der Waals surface area (Å²) >= 11 is 0. The summed E-state index contributed by atoms with van der Waals surface area (Å²) in [5.41, 5.74) is 7.63. The molecule has 0 radical (unpaired) electrons. The Hall–Kier alpha value is -1.56. The van der Waals surface area contributed by atoms with Crippen LogP contribution in [0.25, 0.3) is 0 Å². The second kappa shape index (κ2) is 6.26. The Morgan fingerprint density at radius 2 is 2.20 bits per heavy atom. The maximum atomic E-state index is 12.4. The van der Waals surface area contributed by atoms with Gasteiger partial charge >= 0.3 is 0 Å². The monoisotopic (exact) mass is 280 g/mol. The number of carbonyl (C=O) groups is 1. The Labute approximate surface area is 119 Å². The first-order valence-electron chi connectivity index (χ1n) is 7.26. The summed E-state index contributed by atoms with van der Waals surface area (Å²) in [6.07, 6.45) is 1.98. The molecule has 1 aromatic heterocycles. The number of aryl methyl sites for hydroxylation is 2. The van der Waals surface area contributed by atoms with Crippen molar-refractivity contribution < 1.29 is 9.53 Å². The summed E-state index contributed by atoms with van der Waals surface area (Å²) in [6, 6.07) is 0.117. The predicted octanol–water partition coefficient (Wildman–Crippen LogP) is 1.34. The number of aromatic nitrogens is 2. The van der Waals surface area contributed by atoms with Crippen molar-refractivity contribution in [2.24, 2.45) is 5.92 Å². The van der Waals surface area contributed by atoms with Crippen molar-refractivity contribution in [1.29, 1.82) is 0 Å². The number of hydrogen-bond donors (Lipinski definition) is 2. The van der Waals surface area contributed by atoms with Crippen LogP contribution in [0, 0.1) is 12.8 Å². The molecule has 6 heteroatoms. The van der Waals surface area contributed by atoms with Crippen LogP contribution in [-0.4, -0.2) is 34.9 Å². The van der Waals surface area contributed by atoms with Crippen molar-refractivity contribution in [3.63, 3.8) is 0 Å². The molecular weight excluding hydrogens is 256 g/mol. The molecule has 0 aliphatic carbocycles. The molecular formula is C14H24N4O2. The van der Waals surface area contributed by atoms with Crippen LogP contribution in [-0.2, 0) is 11.3 Å². The van der Waals surface area contributed by atoms with E-state index in [-0.39, 0.29) is 11.9 Å². The average molecular weight is 280 g/mol. The lowest BCUT2D eigenvalue weighted by atomic mass is 9.93. The minimum absolute atomic E-state index is 0.117. The molecule has 20 heavy (non-hydrogen) atoms. The van der Waals surface area contributed by atoms with E-state index in [1.54, 1.807) is 4.68 Å². The van der Waals surface area contributed by atoms with Gasteiger partial charge in [0.25, 0.3) is 5.91 Å². The fraction of sp³-hybridized carbons (Fsp3) is 0.714. The van der Waals surface area contributed by atoms with Crippen LogP contribution in [0.15, 0.2) is 0 Å². The summed E-state index contributed by atoms with van der Waals surface area (Å²) in [7, 11) is 0. The van der Waals surface area contributed by atoms with Crippen LogP contribution in [0.1, 0.15) is 42.9 Å². The largest absolute Gasteiger partial charge is 0.395 e. The molecule has 0 bridgehead atoms. The average Bonchev–Trinajstić information content (AvgIpc) is 2.75. The van der Waals surface area contributed by atoms with Crippen molar-refractivity contribution in [3.05, 3.63) is 11.4 Å². The van der Waals surface area contributed by atoms with E-state index < -0.39 is 0 Å². The Kier molecular flexibility index (Phi) is 4.65. The standard InChI is InChI=1S/C14H24N4O2/c1-4-18-13(12(15)10(3)17-18)14(19)16-9(2)11-5-7-20-8-6-11/h9,11H,4-8,15H2,1-3H3,(H,16,19). The Morgan fingerprint density at radius 3 is 2.80 bits per heavy atom. The minimum atomic E-state index is -0.135. The van der Waals surface area contributed by atoms with Gasteiger partial charge in [-0.25, -0.2) is 0 Å². The van der Waals surface area contributed by atoms with Crippen LogP contribution in [0.2, 0.25) is 0 Å².